The summed E-state index contributed by atoms with van der Waals surface area (Å²) >= 11 is 0. The van der Waals surface area contributed by atoms with E-state index in [2.05, 4.69) is 21.7 Å². The number of benzene rings is 1. The Morgan fingerprint density at radius 2 is 1.83 bits per heavy atom. The van der Waals surface area contributed by atoms with Gasteiger partial charge in [-0.1, -0.05) is 18.2 Å². The van der Waals surface area contributed by atoms with Gasteiger partial charge < -0.3 is 8.98 Å². The van der Waals surface area contributed by atoms with Gasteiger partial charge in [-0.2, -0.15) is 0 Å². The van der Waals surface area contributed by atoms with Crippen molar-refractivity contribution in [2.75, 3.05) is 0 Å². The zero-order valence-corrected chi connectivity index (χ0v) is 9.73. The van der Waals surface area contributed by atoms with Gasteiger partial charge in [0, 0.05) is 18.0 Å². The highest BCUT2D eigenvalue weighted by molar-refractivity contribution is 5.80. The fraction of sp³-hybridized carbons (Fsp3) is 0. The average molecular weight is 236 g/mol. The lowest BCUT2D eigenvalue weighted by molar-refractivity contribution is 0.578. The van der Waals surface area contributed by atoms with Crippen molar-refractivity contribution in [1.82, 2.24) is 4.57 Å². The number of aromatic nitrogens is 1. The third-order valence-corrected chi connectivity index (χ3v) is 2.64. The van der Waals surface area contributed by atoms with E-state index in [9.17, 15) is 0 Å². The van der Waals surface area contributed by atoms with Gasteiger partial charge in [0.15, 0.2) is 0 Å². The molecule has 0 bridgehead atoms. The summed E-state index contributed by atoms with van der Waals surface area (Å²) in [5.74, 6) is 0.607. The van der Waals surface area contributed by atoms with E-state index in [1.54, 1.807) is 12.5 Å². The summed E-state index contributed by atoms with van der Waals surface area (Å²) in [6, 6.07) is 17.8. The lowest BCUT2D eigenvalue weighted by Crippen LogP contribution is -1.96. The minimum absolute atomic E-state index is 0.607. The standard InChI is InChI=1S/C15H12N2O/c1-2-6-13(7-3-1)17-10-4-8-14(17)12-16-15-9-5-11-18-15/h1-12H. The number of hydrogen-bond acceptors (Lipinski definition) is 2. The Kier molecular flexibility index (Phi) is 2.80. The Balaban J connectivity index is 1.93. The van der Waals surface area contributed by atoms with E-state index in [1.807, 2.05) is 48.7 Å². The number of para-hydroxylation sites is 1. The first-order valence-electron chi connectivity index (χ1n) is 5.74. The van der Waals surface area contributed by atoms with Gasteiger partial charge in [0.25, 0.3) is 0 Å². The molecule has 0 N–H and O–H groups in total. The van der Waals surface area contributed by atoms with Crippen LogP contribution in [0.25, 0.3) is 5.69 Å². The van der Waals surface area contributed by atoms with Crippen molar-refractivity contribution in [3.8, 4) is 5.69 Å². The largest absolute Gasteiger partial charge is 0.447 e. The molecule has 0 aliphatic heterocycles. The van der Waals surface area contributed by atoms with Gasteiger partial charge in [0.05, 0.1) is 18.2 Å². The number of nitrogens with zero attached hydrogens (tertiary/aromatic N) is 2. The Labute approximate surface area is 105 Å². The molecule has 0 fully saturated rings. The summed E-state index contributed by atoms with van der Waals surface area (Å²) in [4.78, 5) is 4.28. The Bertz CT molecular complexity index is 636. The van der Waals surface area contributed by atoms with Crippen molar-refractivity contribution in [3.05, 3.63) is 72.8 Å². The van der Waals surface area contributed by atoms with E-state index in [0.717, 1.165) is 11.4 Å². The maximum Gasteiger partial charge on any atom is 0.218 e. The smallest absolute Gasteiger partial charge is 0.218 e. The monoisotopic (exact) mass is 236 g/mol. The molecule has 0 saturated heterocycles. The highest BCUT2D eigenvalue weighted by Gasteiger charge is 2.00. The van der Waals surface area contributed by atoms with E-state index in [1.165, 1.54) is 0 Å². The molecule has 3 rings (SSSR count). The molecule has 0 atom stereocenters. The van der Waals surface area contributed by atoms with Crippen LogP contribution in [0.5, 0.6) is 0 Å². The van der Waals surface area contributed by atoms with Crippen LogP contribution in [0.1, 0.15) is 5.69 Å². The van der Waals surface area contributed by atoms with Gasteiger partial charge in [-0.3, -0.25) is 0 Å². The van der Waals surface area contributed by atoms with Crippen LogP contribution in [-0.4, -0.2) is 10.8 Å². The van der Waals surface area contributed by atoms with E-state index >= 15 is 0 Å². The number of furan rings is 1. The summed E-state index contributed by atoms with van der Waals surface area (Å²) in [6.07, 6.45) is 5.42. The SMILES string of the molecule is C(=Nc1ccco1)c1cccn1-c1ccccc1. The second-order valence-corrected chi connectivity index (χ2v) is 3.85. The zero-order valence-electron chi connectivity index (χ0n) is 9.73. The summed E-state index contributed by atoms with van der Waals surface area (Å²) in [5, 5.41) is 0. The van der Waals surface area contributed by atoms with Crippen LogP contribution < -0.4 is 0 Å². The second kappa shape index (κ2) is 4.75. The Morgan fingerprint density at radius 1 is 0.944 bits per heavy atom. The molecule has 3 nitrogen and oxygen atoms in total. The van der Waals surface area contributed by atoms with Gasteiger partial charge >= 0.3 is 0 Å². The van der Waals surface area contributed by atoms with Gasteiger partial charge in [-0.25, -0.2) is 4.99 Å². The predicted octanol–water partition coefficient (Wildman–Crippen LogP) is 3.82. The summed E-state index contributed by atoms with van der Waals surface area (Å²) in [6.45, 7) is 0. The topological polar surface area (TPSA) is 30.4 Å². The maximum absolute atomic E-state index is 5.17. The molecule has 0 saturated carbocycles. The molecule has 0 radical (unpaired) electrons. The Hall–Kier alpha value is -2.55. The third-order valence-electron chi connectivity index (χ3n) is 2.64. The minimum atomic E-state index is 0.607. The van der Waals surface area contributed by atoms with Crippen molar-refractivity contribution < 1.29 is 4.42 Å². The van der Waals surface area contributed by atoms with Gasteiger partial charge in [0.1, 0.15) is 0 Å². The minimum Gasteiger partial charge on any atom is -0.447 e. The normalized spacial score (nSPS) is 11.1. The molecule has 18 heavy (non-hydrogen) atoms. The molecule has 0 unspecified atom stereocenters. The first-order valence-corrected chi connectivity index (χ1v) is 5.74. The first-order chi connectivity index (χ1) is 8.93. The van der Waals surface area contributed by atoms with Gasteiger partial charge in [-0.15, -0.1) is 0 Å². The molecule has 0 aliphatic carbocycles. The number of rotatable bonds is 3. The third kappa shape index (κ3) is 2.11. The lowest BCUT2D eigenvalue weighted by atomic mass is 10.3. The number of hydrogen-bond donors (Lipinski definition) is 0. The molecule has 1 aromatic carbocycles. The van der Waals surface area contributed by atoms with Gasteiger partial charge in [0.2, 0.25) is 5.88 Å². The van der Waals surface area contributed by atoms with E-state index in [4.69, 9.17) is 4.42 Å². The fourth-order valence-electron chi connectivity index (χ4n) is 1.80. The molecule has 3 heteroatoms. The highest BCUT2D eigenvalue weighted by atomic mass is 16.3. The van der Waals surface area contributed by atoms with E-state index < -0.39 is 0 Å². The summed E-state index contributed by atoms with van der Waals surface area (Å²) in [5.41, 5.74) is 2.13. The second-order valence-electron chi connectivity index (χ2n) is 3.85. The summed E-state index contributed by atoms with van der Waals surface area (Å²) in [7, 11) is 0. The van der Waals surface area contributed by atoms with Crippen molar-refractivity contribution in [2.45, 2.75) is 0 Å². The fourth-order valence-corrected chi connectivity index (χ4v) is 1.80. The van der Waals surface area contributed by atoms with E-state index in [-0.39, 0.29) is 0 Å². The molecule has 2 heterocycles. The van der Waals surface area contributed by atoms with Crippen molar-refractivity contribution in [1.29, 1.82) is 0 Å². The maximum atomic E-state index is 5.17. The van der Waals surface area contributed by atoms with Crippen LogP contribution >= 0.6 is 0 Å². The molecular formula is C15H12N2O. The lowest BCUT2D eigenvalue weighted by Gasteiger charge is -2.04. The van der Waals surface area contributed by atoms with Crippen molar-refractivity contribution in [2.24, 2.45) is 4.99 Å². The average Bonchev–Trinajstić information content (AvgIpc) is 3.09. The quantitative estimate of drug-likeness (QED) is 0.636. The first kappa shape index (κ1) is 10.6. The molecule has 0 amide bonds. The molecule has 3 aromatic rings. The molecule has 2 aromatic heterocycles. The van der Waals surface area contributed by atoms with Crippen LogP contribution in [0.3, 0.4) is 0 Å². The molecule has 0 spiro atoms. The molecule has 0 aliphatic rings. The van der Waals surface area contributed by atoms with Crippen LogP contribution in [0, 0.1) is 0 Å². The van der Waals surface area contributed by atoms with Crippen LogP contribution in [0.2, 0.25) is 0 Å². The van der Waals surface area contributed by atoms with Crippen molar-refractivity contribution >= 4 is 12.1 Å². The Morgan fingerprint density at radius 3 is 2.61 bits per heavy atom. The molecule has 88 valence electrons. The van der Waals surface area contributed by atoms with Crippen molar-refractivity contribution in [3.63, 3.8) is 0 Å². The van der Waals surface area contributed by atoms with E-state index in [0.29, 0.717) is 5.88 Å². The summed E-state index contributed by atoms with van der Waals surface area (Å²) < 4.78 is 7.25. The van der Waals surface area contributed by atoms with Gasteiger partial charge in [-0.05, 0) is 30.3 Å². The highest BCUT2D eigenvalue weighted by Crippen LogP contribution is 2.14. The van der Waals surface area contributed by atoms with Crippen LogP contribution in [-0.2, 0) is 0 Å². The molecular weight excluding hydrogens is 224 g/mol. The van der Waals surface area contributed by atoms with Crippen LogP contribution in [0.4, 0.5) is 5.88 Å². The number of aliphatic imine (C=N–C) groups is 1. The van der Waals surface area contributed by atoms with Crippen LogP contribution in [0.15, 0.2) is 76.5 Å². The predicted molar refractivity (Wildman–Crippen MR) is 71.7 cm³/mol. The zero-order chi connectivity index (χ0) is 12.2.